The molecule has 2 fully saturated rings. The second-order valence-corrected chi connectivity index (χ2v) is 3.04. The topological polar surface area (TPSA) is 61.7 Å². The maximum absolute atomic E-state index is 9.38. The number of hydrogen-bond acceptors (Lipinski definition) is 4. The van der Waals surface area contributed by atoms with Gasteiger partial charge < -0.3 is 20.3 Å². The Kier molecular flexibility index (Phi) is 1.25. The van der Waals surface area contributed by atoms with E-state index in [9.17, 15) is 5.11 Å². The Bertz CT molecular complexity index is 146. The molecule has 2 aliphatic heterocycles. The number of hydrogen-bond donors (Lipinski definition) is 3. The van der Waals surface area contributed by atoms with E-state index in [1.807, 2.05) is 0 Å². The average Bonchev–Trinajstić information content (AvgIpc) is 2.10. The van der Waals surface area contributed by atoms with E-state index in [0.29, 0.717) is 19.8 Å². The van der Waals surface area contributed by atoms with Gasteiger partial charge in [-0.25, -0.2) is 0 Å². The summed E-state index contributed by atoms with van der Waals surface area (Å²) < 4.78 is 4.95. The Balaban J connectivity index is 2.10. The summed E-state index contributed by atoms with van der Waals surface area (Å²) in [5.41, 5.74) is -0.320. The molecule has 0 aromatic rings. The summed E-state index contributed by atoms with van der Waals surface area (Å²) in [4.78, 5) is 0. The van der Waals surface area contributed by atoms with E-state index in [1.54, 1.807) is 0 Å². The summed E-state index contributed by atoms with van der Waals surface area (Å²) in [5.74, 6) is 0. The molecule has 10 heavy (non-hydrogen) atoms. The lowest BCUT2D eigenvalue weighted by Gasteiger charge is -2.40. The Morgan fingerprint density at radius 2 is 2.10 bits per heavy atom. The molecule has 4 nitrogen and oxygen atoms in total. The van der Waals surface area contributed by atoms with Crippen molar-refractivity contribution >= 4 is 0 Å². The van der Waals surface area contributed by atoms with Crippen LogP contribution in [-0.4, -0.2) is 47.7 Å². The third-order valence-electron chi connectivity index (χ3n) is 2.31. The van der Waals surface area contributed by atoms with Gasteiger partial charge in [-0.3, -0.25) is 0 Å². The number of rotatable bonds is 0. The minimum absolute atomic E-state index is 0.320. The highest BCUT2D eigenvalue weighted by atomic mass is 16.5. The van der Waals surface area contributed by atoms with Crippen molar-refractivity contribution in [1.29, 1.82) is 0 Å². The van der Waals surface area contributed by atoms with Gasteiger partial charge in [0.15, 0.2) is 0 Å². The summed E-state index contributed by atoms with van der Waals surface area (Å²) in [6, 6.07) is 0. The molecule has 2 unspecified atom stereocenters. The Labute approximate surface area is 58.8 Å². The number of aliphatic hydroxyl groups is 2. The largest absolute Gasteiger partial charge is 0.389 e. The van der Waals surface area contributed by atoms with Crippen LogP contribution >= 0.6 is 0 Å². The van der Waals surface area contributed by atoms with Crippen LogP contribution in [0.2, 0.25) is 0 Å². The van der Waals surface area contributed by atoms with Crippen molar-refractivity contribution in [3.63, 3.8) is 0 Å². The van der Waals surface area contributed by atoms with Crippen molar-refractivity contribution in [3.8, 4) is 0 Å². The summed E-state index contributed by atoms with van der Waals surface area (Å²) >= 11 is 0. The summed E-state index contributed by atoms with van der Waals surface area (Å²) in [7, 11) is 0. The molecule has 2 saturated heterocycles. The van der Waals surface area contributed by atoms with Crippen molar-refractivity contribution in [2.45, 2.75) is 17.7 Å². The molecule has 2 aliphatic rings. The molecular weight excluding hydrogens is 134 g/mol. The van der Waals surface area contributed by atoms with Crippen LogP contribution in [0.5, 0.6) is 0 Å². The zero-order valence-electron chi connectivity index (χ0n) is 5.58. The quantitative estimate of drug-likeness (QED) is 0.372. The van der Waals surface area contributed by atoms with Gasteiger partial charge in [0, 0.05) is 6.54 Å². The van der Waals surface area contributed by atoms with Gasteiger partial charge >= 0.3 is 0 Å². The highest BCUT2D eigenvalue weighted by molar-refractivity contribution is 5.08. The highest BCUT2D eigenvalue weighted by Gasteiger charge is 2.52. The minimum atomic E-state index is -0.652. The first kappa shape index (κ1) is 6.54. The van der Waals surface area contributed by atoms with Crippen molar-refractivity contribution in [1.82, 2.24) is 5.32 Å². The number of β-amino-alcohol motifs (C(OH)–C–C–N with tert-alkyl or cyclic N) is 1. The molecule has 0 aromatic heterocycles. The lowest BCUT2D eigenvalue weighted by molar-refractivity contribution is -0.126. The second kappa shape index (κ2) is 1.92. The predicted molar refractivity (Wildman–Crippen MR) is 33.6 cm³/mol. The Morgan fingerprint density at radius 1 is 1.40 bits per heavy atom. The van der Waals surface area contributed by atoms with Gasteiger partial charge in [0.2, 0.25) is 0 Å². The first-order valence-corrected chi connectivity index (χ1v) is 3.43. The van der Waals surface area contributed by atoms with E-state index in [-0.39, 0.29) is 5.54 Å². The average molecular weight is 145 g/mol. The maximum Gasteiger partial charge on any atom is 0.104 e. The van der Waals surface area contributed by atoms with Crippen LogP contribution in [0.1, 0.15) is 0 Å². The van der Waals surface area contributed by atoms with E-state index in [4.69, 9.17) is 9.84 Å². The first-order chi connectivity index (χ1) is 4.75. The normalized spacial score (nSPS) is 43.8. The molecule has 0 aliphatic carbocycles. The molecule has 4 heteroatoms. The zero-order chi connectivity index (χ0) is 7.19. The number of aliphatic hydroxyl groups excluding tert-OH is 2. The molecule has 0 bridgehead atoms. The van der Waals surface area contributed by atoms with Gasteiger partial charge in [0.05, 0.1) is 24.9 Å². The lowest BCUT2D eigenvalue weighted by Crippen LogP contribution is -2.63. The SMILES string of the molecule is OC1CNC2(COC2)C1O. The van der Waals surface area contributed by atoms with Crippen molar-refractivity contribution in [3.05, 3.63) is 0 Å². The molecule has 0 radical (unpaired) electrons. The number of nitrogens with one attached hydrogen (secondary N) is 1. The van der Waals surface area contributed by atoms with Crippen LogP contribution in [0, 0.1) is 0 Å². The lowest BCUT2D eigenvalue weighted by atomic mass is 9.92. The van der Waals surface area contributed by atoms with E-state index < -0.39 is 12.2 Å². The van der Waals surface area contributed by atoms with Gasteiger partial charge in [0.25, 0.3) is 0 Å². The van der Waals surface area contributed by atoms with E-state index in [0.717, 1.165) is 0 Å². The fraction of sp³-hybridized carbons (Fsp3) is 1.00. The second-order valence-electron chi connectivity index (χ2n) is 3.04. The third-order valence-corrected chi connectivity index (χ3v) is 2.31. The van der Waals surface area contributed by atoms with E-state index >= 15 is 0 Å². The predicted octanol–water partition coefficient (Wildman–Crippen LogP) is -1.92. The van der Waals surface area contributed by atoms with Crippen LogP contribution in [0.15, 0.2) is 0 Å². The molecule has 0 aromatic carbocycles. The Morgan fingerprint density at radius 3 is 2.30 bits per heavy atom. The fourth-order valence-corrected chi connectivity index (χ4v) is 1.49. The molecule has 1 spiro atoms. The standard InChI is InChI=1S/C6H11NO3/c8-4-1-7-6(5(4)9)2-10-3-6/h4-5,7-9H,1-3H2. The maximum atomic E-state index is 9.38. The molecule has 3 N–H and O–H groups in total. The van der Waals surface area contributed by atoms with Gasteiger partial charge in [-0.15, -0.1) is 0 Å². The van der Waals surface area contributed by atoms with E-state index in [2.05, 4.69) is 5.32 Å². The van der Waals surface area contributed by atoms with Crippen LogP contribution < -0.4 is 5.32 Å². The summed E-state index contributed by atoms with van der Waals surface area (Å²) in [6.45, 7) is 1.51. The summed E-state index contributed by atoms with van der Waals surface area (Å²) in [5, 5.41) is 21.5. The molecular formula is C6H11NO3. The molecule has 2 rings (SSSR count). The van der Waals surface area contributed by atoms with Crippen LogP contribution in [0.4, 0.5) is 0 Å². The van der Waals surface area contributed by atoms with Gasteiger partial charge in [-0.1, -0.05) is 0 Å². The Hall–Kier alpha value is -0.160. The monoisotopic (exact) mass is 145 g/mol. The number of ether oxygens (including phenoxy) is 1. The van der Waals surface area contributed by atoms with Gasteiger partial charge in [-0.05, 0) is 0 Å². The van der Waals surface area contributed by atoms with Gasteiger partial charge in [0.1, 0.15) is 6.10 Å². The van der Waals surface area contributed by atoms with Crippen molar-refractivity contribution < 1.29 is 14.9 Å². The van der Waals surface area contributed by atoms with Crippen molar-refractivity contribution in [2.75, 3.05) is 19.8 Å². The van der Waals surface area contributed by atoms with Crippen LogP contribution in [0.25, 0.3) is 0 Å². The minimum Gasteiger partial charge on any atom is -0.389 e. The van der Waals surface area contributed by atoms with E-state index in [1.165, 1.54) is 0 Å². The van der Waals surface area contributed by atoms with Crippen LogP contribution in [-0.2, 0) is 4.74 Å². The molecule has 0 saturated carbocycles. The summed E-state index contributed by atoms with van der Waals surface area (Å²) in [6.07, 6.45) is -1.27. The first-order valence-electron chi connectivity index (χ1n) is 3.43. The molecule has 58 valence electrons. The smallest absolute Gasteiger partial charge is 0.104 e. The highest BCUT2D eigenvalue weighted by Crippen LogP contribution is 2.27. The molecule has 2 heterocycles. The van der Waals surface area contributed by atoms with Crippen LogP contribution in [0.3, 0.4) is 0 Å². The fourth-order valence-electron chi connectivity index (χ4n) is 1.49. The molecule has 2 atom stereocenters. The van der Waals surface area contributed by atoms with Gasteiger partial charge in [-0.2, -0.15) is 0 Å². The van der Waals surface area contributed by atoms with Crippen molar-refractivity contribution in [2.24, 2.45) is 0 Å². The zero-order valence-corrected chi connectivity index (χ0v) is 5.58. The molecule has 0 amide bonds. The third kappa shape index (κ3) is 0.645.